The Labute approximate surface area is 123 Å². The Morgan fingerprint density at radius 1 is 0.900 bits per heavy atom. The van der Waals surface area contributed by atoms with E-state index in [0.29, 0.717) is 6.26 Å². The molecular formula is C15H27NO3S. The first kappa shape index (κ1) is 19.1. The minimum absolute atomic E-state index is 0.604. The van der Waals surface area contributed by atoms with Crippen LogP contribution in [0.25, 0.3) is 0 Å². The fourth-order valence-corrected chi connectivity index (χ4v) is 1.83. The summed E-state index contributed by atoms with van der Waals surface area (Å²) >= 11 is 0. The average Bonchev–Trinajstić information content (AvgIpc) is 2.37. The number of rotatable bonds is 8. The smallest absolute Gasteiger partial charge is 0.168 e. The van der Waals surface area contributed by atoms with Crippen LogP contribution in [0.1, 0.15) is 51.9 Å². The molecule has 0 aromatic carbocycles. The fraction of sp³-hybridized carbons (Fsp3) is 0.667. The molecule has 0 amide bonds. The van der Waals surface area contributed by atoms with Gasteiger partial charge >= 0.3 is 0 Å². The van der Waals surface area contributed by atoms with Crippen LogP contribution in [0, 0.1) is 0 Å². The maximum Gasteiger partial charge on any atom is 0.168 e. The number of unbranched alkanes of at least 4 members (excludes halogenated alkanes) is 6. The molecule has 1 aromatic rings. The highest BCUT2D eigenvalue weighted by Crippen LogP contribution is 2.06. The van der Waals surface area contributed by atoms with Crippen LogP contribution in [0.3, 0.4) is 0 Å². The summed E-state index contributed by atoms with van der Waals surface area (Å²) in [5.74, 6) is 0. The number of hydrogen-bond acceptors (Lipinski definition) is 3. The summed E-state index contributed by atoms with van der Waals surface area (Å²) in [5.41, 5.74) is 0. The zero-order valence-corrected chi connectivity index (χ0v) is 13.4. The van der Waals surface area contributed by atoms with Crippen molar-refractivity contribution in [1.82, 2.24) is 0 Å². The van der Waals surface area contributed by atoms with E-state index in [1.807, 2.05) is 0 Å². The summed E-state index contributed by atoms with van der Waals surface area (Å²) in [6.07, 6.45) is 14.6. The number of hydrogen-bond donors (Lipinski definition) is 0. The topological polar surface area (TPSA) is 61.1 Å². The van der Waals surface area contributed by atoms with Crippen LogP contribution in [-0.2, 0) is 16.7 Å². The molecule has 1 rings (SSSR count). The van der Waals surface area contributed by atoms with Crippen LogP contribution in [0.4, 0.5) is 0 Å². The Morgan fingerprint density at radius 2 is 1.35 bits per heavy atom. The summed E-state index contributed by atoms with van der Waals surface area (Å²) in [6, 6.07) is 6.27. The second-order valence-corrected chi connectivity index (χ2v) is 6.35. The lowest BCUT2D eigenvalue weighted by atomic mass is 10.1. The highest BCUT2D eigenvalue weighted by molar-refractivity contribution is 7.84. The molecule has 0 N–H and O–H groups in total. The van der Waals surface area contributed by atoms with Crippen molar-refractivity contribution in [2.45, 2.75) is 58.4 Å². The van der Waals surface area contributed by atoms with Gasteiger partial charge < -0.3 is 4.55 Å². The van der Waals surface area contributed by atoms with Crippen molar-refractivity contribution in [2.75, 3.05) is 6.26 Å². The lowest BCUT2D eigenvalue weighted by Crippen LogP contribution is -2.32. The summed E-state index contributed by atoms with van der Waals surface area (Å²) in [6.45, 7) is 3.45. The minimum Gasteiger partial charge on any atom is -0.748 e. The first-order valence-corrected chi connectivity index (χ1v) is 9.10. The predicted octanol–water partition coefficient (Wildman–Crippen LogP) is 2.89. The van der Waals surface area contributed by atoms with E-state index in [1.165, 1.54) is 51.5 Å². The highest BCUT2D eigenvalue weighted by atomic mass is 32.2. The largest absolute Gasteiger partial charge is 0.748 e. The first-order valence-electron chi connectivity index (χ1n) is 7.28. The second kappa shape index (κ2) is 11.9. The van der Waals surface area contributed by atoms with E-state index >= 15 is 0 Å². The molecule has 20 heavy (non-hydrogen) atoms. The summed E-state index contributed by atoms with van der Waals surface area (Å²) in [5, 5.41) is 0. The predicted molar refractivity (Wildman–Crippen MR) is 80.3 cm³/mol. The van der Waals surface area contributed by atoms with Gasteiger partial charge in [0.15, 0.2) is 12.4 Å². The van der Waals surface area contributed by atoms with Gasteiger partial charge in [-0.1, -0.05) is 45.1 Å². The molecule has 116 valence electrons. The Morgan fingerprint density at radius 3 is 1.85 bits per heavy atom. The molecule has 0 atom stereocenters. The van der Waals surface area contributed by atoms with Gasteiger partial charge in [0.05, 0.1) is 10.1 Å². The number of nitrogens with zero attached hydrogens (tertiary/aromatic N) is 1. The van der Waals surface area contributed by atoms with Crippen molar-refractivity contribution < 1.29 is 17.5 Å². The molecule has 0 unspecified atom stereocenters. The Kier molecular flexibility index (Phi) is 11.3. The third-order valence-electron chi connectivity index (χ3n) is 2.80. The number of pyridine rings is 1. The molecule has 0 spiro atoms. The molecule has 5 heteroatoms. The molecule has 0 aliphatic carbocycles. The Hall–Kier alpha value is -0.940. The fourth-order valence-electron chi connectivity index (χ4n) is 1.83. The van der Waals surface area contributed by atoms with Gasteiger partial charge in [0.1, 0.15) is 6.54 Å². The van der Waals surface area contributed by atoms with E-state index in [0.717, 1.165) is 0 Å². The van der Waals surface area contributed by atoms with Crippen molar-refractivity contribution in [1.29, 1.82) is 0 Å². The third-order valence-corrected chi connectivity index (χ3v) is 2.80. The van der Waals surface area contributed by atoms with Gasteiger partial charge in [-0.3, -0.25) is 0 Å². The molecule has 0 aliphatic heterocycles. The quantitative estimate of drug-likeness (QED) is 0.421. The molecule has 0 radical (unpaired) electrons. The van der Waals surface area contributed by atoms with Crippen LogP contribution in [-0.4, -0.2) is 19.2 Å². The molecular weight excluding hydrogens is 274 g/mol. The highest BCUT2D eigenvalue weighted by Gasteiger charge is 1.97. The van der Waals surface area contributed by atoms with Crippen molar-refractivity contribution in [2.24, 2.45) is 0 Å². The Bertz CT molecular complexity index is 410. The normalized spacial score (nSPS) is 10.8. The van der Waals surface area contributed by atoms with E-state index < -0.39 is 10.1 Å². The molecule has 0 saturated heterocycles. The van der Waals surface area contributed by atoms with E-state index in [9.17, 15) is 0 Å². The maximum absolute atomic E-state index is 9.08. The monoisotopic (exact) mass is 301 g/mol. The SMILES string of the molecule is CCCCCCCCC[n+]1ccccc1.CS(=O)(=O)[O-]. The molecule has 4 nitrogen and oxygen atoms in total. The van der Waals surface area contributed by atoms with Crippen LogP contribution >= 0.6 is 0 Å². The first-order chi connectivity index (χ1) is 9.43. The zero-order chi connectivity index (χ0) is 15.3. The van der Waals surface area contributed by atoms with Gasteiger partial charge in [-0.25, -0.2) is 13.0 Å². The molecule has 0 saturated carbocycles. The number of aryl methyl sites for hydroxylation is 1. The van der Waals surface area contributed by atoms with Gasteiger partial charge in [0.25, 0.3) is 0 Å². The average molecular weight is 301 g/mol. The second-order valence-electron chi connectivity index (χ2n) is 4.94. The van der Waals surface area contributed by atoms with E-state index in [4.69, 9.17) is 13.0 Å². The maximum atomic E-state index is 9.08. The van der Waals surface area contributed by atoms with Crippen molar-refractivity contribution in [3.8, 4) is 0 Å². The van der Waals surface area contributed by atoms with Gasteiger partial charge in [-0.2, -0.15) is 0 Å². The van der Waals surface area contributed by atoms with Gasteiger partial charge in [0, 0.05) is 24.8 Å². The molecule has 0 fully saturated rings. The van der Waals surface area contributed by atoms with Crippen molar-refractivity contribution in [3.05, 3.63) is 30.6 Å². The standard InChI is InChI=1S/C14H24N.CH4O3S/c1-2-3-4-5-6-7-9-12-15-13-10-8-11-14-15;1-5(2,3)4/h8,10-11,13-14H,2-7,9,12H2,1H3;1H3,(H,2,3,4)/q+1;/p-1. The molecule has 1 aromatic heterocycles. The zero-order valence-electron chi connectivity index (χ0n) is 12.6. The van der Waals surface area contributed by atoms with Gasteiger partial charge in [-0.05, 0) is 6.42 Å². The van der Waals surface area contributed by atoms with E-state index in [1.54, 1.807) is 0 Å². The van der Waals surface area contributed by atoms with Crippen LogP contribution in [0.2, 0.25) is 0 Å². The summed E-state index contributed by atoms with van der Waals surface area (Å²) < 4.78 is 29.5. The van der Waals surface area contributed by atoms with E-state index in [-0.39, 0.29) is 0 Å². The summed E-state index contributed by atoms with van der Waals surface area (Å²) in [7, 11) is -3.92. The van der Waals surface area contributed by atoms with Crippen molar-refractivity contribution >= 4 is 10.1 Å². The van der Waals surface area contributed by atoms with Crippen molar-refractivity contribution in [3.63, 3.8) is 0 Å². The third kappa shape index (κ3) is 17.1. The van der Waals surface area contributed by atoms with Crippen LogP contribution < -0.4 is 4.57 Å². The van der Waals surface area contributed by atoms with E-state index in [2.05, 4.69) is 42.1 Å². The van der Waals surface area contributed by atoms with Crippen LogP contribution in [0.5, 0.6) is 0 Å². The van der Waals surface area contributed by atoms with Crippen LogP contribution in [0.15, 0.2) is 30.6 Å². The molecule has 1 heterocycles. The minimum atomic E-state index is -3.92. The lowest BCUT2D eigenvalue weighted by molar-refractivity contribution is -0.697. The molecule has 0 bridgehead atoms. The Balaban J connectivity index is 0.000000621. The van der Waals surface area contributed by atoms with Gasteiger partial charge in [0.2, 0.25) is 0 Å². The lowest BCUT2D eigenvalue weighted by Gasteiger charge is -1.99. The molecule has 0 aliphatic rings. The summed E-state index contributed by atoms with van der Waals surface area (Å²) in [4.78, 5) is 0. The van der Waals surface area contributed by atoms with Gasteiger partial charge in [-0.15, -0.1) is 0 Å². The number of aromatic nitrogens is 1.